The summed E-state index contributed by atoms with van der Waals surface area (Å²) in [5.41, 5.74) is 1.10. The van der Waals surface area contributed by atoms with Gasteiger partial charge in [0.1, 0.15) is 0 Å². The van der Waals surface area contributed by atoms with Gasteiger partial charge in [-0.2, -0.15) is 0 Å². The number of fused-ring (bicyclic) bond motifs is 1. The number of amides is 2. The van der Waals surface area contributed by atoms with Crippen molar-refractivity contribution in [2.24, 2.45) is 0 Å². The molecule has 0 aliphatic carbocycles. The number of hydrogen-bond donors (Lipinski definition) is 2. The molecule has 0 unspecified atom stereocenters. The molecule has 0 saturated heterocycles. The van der Waals surface area contributed by atoms with Crippen molar-refractivity contribution < 1.29 is 37.8 Å². The van der Waals surface area contributed by atoms with Crippen LogP contribution >= 0.6 is 0 Å². The van der Waals surface area contributed by atoms with Crippen molar-refractivity contribution in [2.75, 3.05) is 24.0 Å². The van der Waals surface area contributed by atoms with Gasteiger partial charge >= 0.3 is 5.97 Å². The summed E-state index contributed by atoms with van der Waals surface area (Å²) in [6, 6.07) is 12.0. The summed E-state index contributed by atoms with van der Waals surface area (Å²) in [6.07, 6.45) is 1.39. The highest BCUT2D eigenvalue weighted by molar-refractivity contribution is 6.05. The average molecular weight is 450 g/mol. The lowest BCUT2D eigenvalue weighted by atomic mass is 10.1. The zero-order valence-corrected chi connectivity index (χ0v) is 17.4. The maximum absolute atomic E-state index is 12.3. The number of hydrogen-bond acceptors (Lipinski definition) is 8. The zero-order chi connectivity index (χ0) is 23.4. The van der Waals surface area contributed by atoms with E-state index in [0.29, 0.717) is 17.2 Å². The van der Waals surface area contributed by atoms with Crippen LogP contribution in [0.15, 0.2) is 59.2 Å². The van der Waals surface area contributed by atoms with Crippen molar-refractivity contribution in [3.63, 3.8) is 0 Å². The minimum absolute atomic E-state index is 0.0208. The molecule has 168 valence electrons. The molecule has 2 N–H and O–H groups in total. The van der Waals surface area contributed by atoms with Crippen molar-refractivity contribution in [3.8, 4) is 11.5 Å². The molecule has 0 saturated carbocycles. The van der Waals surface area contributed by atoms with E-state index in [0.717, 1.165) is 0 Å². The Morgan fingerprint density at radius 3 is 2.36 bits per heavy atom. The second-order valence-corrected chi connectivity index (χ2v) is 6.94. The van der Waals surface area contributed by atoms with E-state index in [2.05, 4.69) is 10.6 Å². The standard InChI is InChI=1S/C23H18N2O8/c1-13(26)16-9-19-20(33-12-32-19)10-17(16)25-21(27)11-31-23(29)14-4-6-15(7-5-14)24-22(28)18-3-2-8-30-18/h2-10H,11-12H2,1H3,(H,24,28)(H,25,27). The van der Waals surface area contributed by atoms with E-state index in [1.807, 2.05) is 0 Å². The predicted molar refractivity (Wildman–Crippen MR) is 115 cm³/mol. The summed E-state index contributed by atoms with van der Waals surface area (Å²) in [5, 5.41) is 5.17. The van der Waals surface area contributed by atoms with E-state index in [1.54, 1.807) is 6.07 Å². The smallest absolute Gasteiger partial charge is 0.338 e. The fraction of sp³-hybridized carbons (Fsp3) is 0.130. The van der Waals surface area contributed by atoms with Crippen LogP contribution in [0, 0.1) is 0 Å². The van der Waals surface area contributed by atoms with E-state index in [-0.39, 0.29) is 35.2 Å². The monoisotopic (exact) mass is 450 g/mol. The molecule has 2 aromatic carbocycles. The van der Waals surface area contributed by atoms with Crippen molar-refractivity contribution in [1.82, 2.24) is 0 Å². The Hall–Kier alpha value is -4.60. The Bertz CT molecular complexity index is 1220. The number of ether oxygens (including phenoxy) is 3. The van der Waals surface area contributed by atoms with Crippen molar-refractivity contribution >= 4 is 34.9 Å². The Morgan fingerprint density at radius 2 is 1.70 bits per heavy atom. The lowest BCUT2D eigenvalue weighted by molar-refractivity contribution is -0.119. The summed E-state index contributed by atoms with van der Waals surface area (Å²) in [4.78, 5) is 48.4. The Labute approximate surface area is 187 Å². The summed E-state index contributed by atoms with van der Waals surface area (Å²) in [5.74, 6) is -1.11. The van der Waals surface area contributed by atoms with Crippen LogP contribution in [-0.4, -0.2) is 37.0 Å². The maximum atomic E-state index is 12.3. The predicted octanol–water partition coefficient (Wildman–Crippen LogP) is 3.26. The third-order valence-electron chi connectivity index (χ3n) is 4.62. The summed E-state index contributed by atoms with van der Waals surface area (Å²) in [7, 11) is 0. The highest BCUT2D eigenvalue weighted by Crippen LogP contribution is 2.37. The molecule has 0 atom stereocenters. The zero-order valence-electron chi connectivity index (χ0n) is 17.4. The second kappa shape index (κ2) is 9.27. The molecular weight excluding hydrogens is 432 g/mol. The minimum Gasteiger partial charge on any atom is -0.459 e. The van der Waals surface area contributed by atoms with Gasteiger partial charge in [-0.25, -0.2) is 4.79 Å². The first kappa shape index (κ1) is 21.6. The summed E-state index contributed by atoms with van der Waals surface area (Å²) < 4.78 is 20.6. The van der Waals surface area contributed by atoms with Gasteiger partial charge in [-0.3, -0.25) is 14.4 Å². The van der Waals surface area contributed by atoms with Gasteiger partial charge in [-0.1, -0.05) is 0 Å². The largest absolute Gasteiger partial charge is 0.459 e. The average Bonchev–Trinajstić information content (AvgIpc) is 3.49. The fourth-order valence-corrected chi connectivity index (χ4v) is 3.03. The number of Topliss-reactive ketones (excluding diaryl/α,β-unsaturated/α-hetero) is 1. The van der Waals surface area contributed by atoms with Gasteiger partial charge in [0, 0.05) is 17.3 Å². The molecule has 2 amide bonds. The number of carbonyl (C=O) groups is 4. The number of anilines is 2. The van der Waals surface area contributed by atoms with Gasteiger partial charge in [-0.05, 0) is 49.4 Å². The third-order valence-corrected chi connectivity index (χ3v) is 4.62. The van der Waals surface area contributed by atoms with Gasteiger partial charge in [0.05, 0.1) is 17.5 Å². The number of nitrogens with one attached hydrogen (secondary N) is 2. The van der Waals surface area contributed by atoms with Gasteiger partial charge in [0.2, 0.25) is 6.79 Å². The van der Waals surface area contributed by atoms with E-state index >= 15 is 0 Å². The van der Waals surface area contributed by atoms with Gasteiger partial charge in [0.15, 0.2) is 29.6 Å². The van der Waals surface area contributed by atoms with Crippen LogP contribution in [-0.2, 0) is 9.53 Å². The maximum Gasteiger partial charge on any atom is 0.338 e. The van der Waals surface area contributed by atoms with Crippen LogP contribution in [0.25, 0.3) is 0 Å². The first-order chi connectivity index (χ1) is 15.9. The molecule has 10 nitrogen and oxygen atoms in total. The van der Waals surface area contributed by atoms with Crippen LogP contribution in [0.5, 0.6) is 11.5 Å². The summed E-state index contributed by atoms with van der Waals surface area (Å²) in [6.45, 7) is 0.808. The quantitative estimate of drug-likeness (QED) is 0.414. The molecule has 0 spiro atoms. The van der Waals surface area contributed by atoms with Crippen LogP contribution in [0.2, 0.25) is 0 Å². The topological polar surface area (TPSA) is 133 Å². The summed E-state index contributed by atoms with van der Waals surface area (Å²) >= 11 is 0. The molecular formula is C23H18N2O8. The molecule has 2 heterocycles. The first-order valence-corrected chi connectivity index (χ1v) is 9.77. The molecule has 4 rings (SSSR count). The van der Waals surface area contributed by atoms with Crippen LogP contribution < -0.4 is 20.1 Å². The molecule has 33 heavy (non-hydrogen) atoms. The van der Waals surface area contributed by atoms with Gasteiger partial charge in [0.25, 0.3) is 11.8 Å². The molecule has 10 heteroatoms. The molecule has 0 fully saturated rings. The molecule has 0 bridgehead atoms. The number of benzene rings is 2. The lowest BCUT2D eigenvalue weighted by Crippen LogP contribution is -2.22. The number of furan rings is 1. The molecule has 1 aliphatic heterocycles. The Morgan fingerprint density at radius 1 is 0.970 bits per heavy atom. The highest BCUT2D eigenvalue weighted by Gasteiger charge is 2.21. The normalized spacial score (nSPS) is 11.5. The van der Waals surface area contributed by atoms with Gasteiger partial charge in [-0.15, -0.1) is 0 Å². The fourth-order valence-electron chi connectivity index (χ4n) is 3.03. The third kappa shape index (κ3) is 5.01. The van der Waals surface area contributed by atoms with Crippen LogP contribution in [0.4, 0.5) is 11.4 Å². The van der Waals surface area contributed by atoms with Crippen LogP contribution in [0.3, 0.4) is 0 Å². The SMILES string of the molecule is CC(=O)c1cc2c(cc1NC(=O)COC(=O)c1ccc(NC(=O)c3ccco3)cc1)OCO2. The lowest BCUT2D eigenvalue weighted by Gasteiger charge is -2.11. The molecule has 1 aliphatic rings. The second-order valence-electron chi connectivity index (χ2n) is 6.94. The Balaban J connectivity index is 1.33. The minimum atomic E-state index is -0.730. The van der Waals surface area contributed by atoms with Crippen molar-refractivity contribution in [3.05, 3.63) is 71.7 Å². The van der Waals surface area contributed by atoms with Crippen LogP contribution in [0.1, 0.15) is 38.2 Å². The van der Waals surface area contributed by atoms with E-state index in [4.69, 9.17) is 18.6 Å². The molecule has 1 aromatic heterocycles. The first-order valence-electron chi connectivity index (χ1n) is 9.77. The van der Waals surface area contributed by atoms with Crippen molar-refractivity contribution in [2.45, 2.75) is 6.92 Å². The number of esters is 1. The Kier molecular flexibility index (Phi) is 6.07. The van der Waals surface area contributed by atoms with E-state index < -0.39 is 24.4 Å². The van der Waals surface area contributed by atoms with E-state index in [1.165, 1.54) is 55.7 Å². The molecule has 3 aromatic rings. The number of ketones is 1. The molecule has 0 radical (unpaired) electrons. The van der Waals surface area contributed by atoms with Gasteiger partial charge < -0.3 is 29.3 Å². The van der Waals surface area contributed by atoms with E-state index in [9.17, 15) is 19.2 Å². The number of carbonyl (C=O) groups excluding carboxylic acids is 4. The number of rotatable bonds is 7. The highest BCUT2D eigenvalue weighted by atomic mass is 16.7. The van der Waals surface area contributed by atoms with Crippen molar-refractivity contribution in [1.29, 1.82) is 0 Å².